The van der Waals surface area contributed by atoms with Gasteiger partial charge < -0.3 is 10.1 Å². The van der Waals surface area contributed by atoms with Crippen LogP contribution in [-0.2, 0) is 0 Å². The Hall–Kier alpha value is -1.96. The van der Waals surface area contributed by atoms with Crippen LogP contribution in [0.2, 0.25) is 0 Å². The molecule has 2 nitrogen and oxygen atoms in total. The van der Waals surface area contributed by atoms with E-state index in [0.717, 1.165) is 24.4 Å². The molecule has 0 heterocycles. The van der Waals surface area contributed by atoms with Crippen molar-refractivity contribution in [1.29, 1.82) is 0 Å². The van der Waals surface area contributed by atoms with Gasteiger partial charge in [0.05, 0.1) is 12.8 Å². The molecule has 2 rings (SSSR count). The number of hydrogen-bond acceptors (Lipinski definition) is 2. The average molecular weight is 269 g/mol. The molecule has 0 saturated carbocycles. The lowest BCUT2D eigenvalue weighted by Gasteiger charge is -2.15. The van der Waals surface area contributed by atoms with Crippen LogP contribution in [0.5, 0.6) is 5.75 Å². The highest BCUT2D eigenvalue weighted by molar-refractivity contribution is 5.57. The molecular weight excluding hydrogens is 246 g/mol. The Morgan fingerprint density at radius 1 is 1.10 bits per heavy atom. The SMILES string of the molecule is COc1ccc(C)cc1NCCC(C)c1ccccc1. The lowest BCUT2D eigenvalue weighted by molar-refractivity contribution is 0.416. The molecule has 0 fully saturated rings. The molecule has 0 aliphatic heterocycles. The Kier molecular flexibility index (Phi) is 5.05. The Labute approximate surface area is 121 Å². The summed E-state index contributed by atoms with van der Waals surface area (Å²) in [6.45, 7) is 5.30. The molecule has 0 radical (unpaired) electrons. The number of ether oxygens (including phenoxy) is 1. The normalized spacial score (nSPS) is 11.9. The first-order valence-electron chi connectivity index (χ1n) is 7.14. The summed E-state index contributed by atoms with van der Waals surface area (Å²) >= 11 is 0. The van der Waals surface area contributed by atoms with Crippen LogP contribution in [0.25, 0.3) is 0 Å². The number of aryl methyl sites for hydroxylation is 1. The molecule has 1 atom stereocenters. The lowest BCUT2D eigenvalue weighted by Crippen LogP contribution is -2.07. The Morgan fingerprint density at radius 3 is 2.55 bits per heavy atom. The van der Waals surface area contributed by atoms with Crippen LogP contribution in [0, 0.1) is 6.92 Å². The Morgan fingerprint density at radius 2 is 1.85 bits per heavy atom. The maximum absolute atomic E-state index is 5.38. The zero-order valence-electron chi connectivity index (χ0n) is 12.5. The van der Waals surface area contributed by atoms with E-state index >= 15 is 0 Å². The topological polar surface area (TPSA) is 21.3 Å². The highest BCUT2D eigenvalue weighted by Gasteiger charge is 2.06. The second-order valence-electron chi connectivity index (χ2n) is 5.23. The summed E-state index contributed by atoms with van der Waals surface area (Å²) in [5.41, 5.74) is 3.71. The van der Waals surface area contributed by atoms with Crippen LogP contribution < -0.4 is 10.1 Å². The molecular formula is C18H23NO. The number of nitrogens with one attached hydrogen (secondary N) is 1. The van der Waals surface area contributed by atoms with E-state index in [2.05, 4.69) is 61.6 Å². The van der Waals surface area contributed by atoms with Gasteiger partial charge in [-0.05, 0) is 42.5 Å². The zero-order chi connectivity index (χ0) is 14.4. The minimum absolute atomic E-state index is 0.555. The molecule has 2 aromatic carbocycles. The van der Waals surface area contributed by atoms with Gasteiger partial charge in [0.15, 0.2) is 0 Å². The first kappa shape index (κ1) is 14.4. The standard InChI is InChI=1S/C18H23NO/c1-14-9-10-18(20-3)17(13-14)19-12-11-15(2)16-7-5-4-6-8-16/h4-10,13,15,19H,11-12H2,1-3H3. The molecule has 0 saturated heterocycles. The van der Waals surface area contributed by atoms with Crippen molar-refractivity contribution in [3.05, 3.63) is 59.7 Å². The van der Waals surface area contributed by atoms with Crippen molar-refractivity contribution in [2.24, 2.45) is 0 Å². The largest absolute Gasteiger partial charge is 0.495 e. The van der Waals surface area contributed by atoms with Gasteiger partial charge in [0.25, 0.3) is 0 Å². The molecule has 2 aromatic rings. The fourth-order valence-corrected chi connectivity index (χ4v) is 2.33. The van der Waals surface area contributed by atoms with E-state index in [1.165, 1.54) is 11.1 Å². The van der Waals surface area contributed by atoms with E-state index in [-0.39, 0.29) is 0 Å². The molecule has 106 valence electrons. The maximum Gasteiger partial charge on any atom is 0.141 e. The van der Waals surface area contributed by atoms with E-state index in [9.17, 15) is 0 Å². The van der Waals surface area contributed by atoms with Crippen molar-refractivity contribution >= 4 is 5.69 Å². The average Bonchev–Trinajstić information content (AvgIpc) is 2.48. The number of anilines is 1. The number of rotatable bonds is 6. The first-order valence-corrected chi connectivity index (χ1v) is 7.14. The predicted octanol–water partition coefficient (Wildman–Crippen LogP) is 4.61. The molecule has 20 heavy (non-hydrogen) atoms. The van der Waals surface area contributed by atoms with Crippen molar-refractivity contribution < 1.29 is 4.74 Å². The molecule has 0 spiro atoms. The minimum Gasteiger partial charge on any atom is -0.495 e. The third kappa shape index (κ3) is 3.77. The van der Waals surface area contributed by atoms with Crippen LogP contribution in [-0.4, -0.2) is 13.7 Å². The van der Waals surface area contributed by atoms with Gasteiger partial charge in [-0.3, -0.25) is 0 Å². The van der Waals surface area contributed by atoms with Gasteiger partial charge in [-0.25, -0.2) is 0 Å². The molecule has 0 aromatic heterocycles. The van der Waals surface area contributed by atoms with Crippen molar-refractivity contribution in [2.45, 2.75) is 26.2 Å². The summed E-state index contributed by atoms with van der Waals surface area (Å²) in [5, 5.41) is 3.48. The smallest absolute Gasteiger partial charge is 0.141 e. The zero-order valence-corrected chi connectivity index (χ0v) is 12.5. The van der Waals surface area contributed by atoms with E-state index in [4.69, 9.17) is 4.74 Å². The van der Waals surface area contributed by atoms with Crippen molar-refractivity contribution in [3.63, 3.8) is 0 Å². The van der Waals surface area contributed by atoms with Gasteiger partial charge in [0, 0.05) is 6.54 Å². The molecule has 0 aliphatic carbocycles. The van der Waals surface area contributed by atoms with Gasteiger partial charge in [-0.1, -0.05) is 43.3 Å². The van der Waals surface area contributed by atoms with E-state index < -0.39 is 0 Å². The highest BCUT2D eigenvalue weighted by atomic mass is 16.5. The molecule has 1 N–H and O–H groups in total. The summed E-state index contributed by atoms with van der Waals surface area (Å²) in [7, 11) is 1.71. The fourth-order valence-electron chi connectivity index (χ4n) is 2.33. The molecule has 1 unspecified atom stereocenters. The van der Waals surface area contributed by atoms with Crippen LogP contribution in [0.1, 0.15) is 30.4 Å². The van der Waals surface area contributed by atoms with Gasteiger partial charge in [-0.2, -0.15) is 0 Å². The molecule has 0 aliphatic rings. The molecule has 0 amide bonds. The highest BCUT2D eigenvalue weighted by Crippen LogP contribution is 2.26. The van der Waals surface area contributed by atoms with Crippen molar-refractivity contribution in [2.75, 3.05) is 19.0 Å². The van der Waals surface area contributed by atoms with Gasteiger partial charge in [0.2, 0.25) is 0 Å². The third-order valence-corrected chi connectivity index (χ3v) is 3.62. The summed E-state index contributed by atoms with van der Waals surface area (Å²) in [4.78, 5) is 0. The van der Waals surface area contributed by atoms with Crippen molar-refractivity contribution in [3.8, 4) is 5.75 Å². The maximum atomic E-state index is 5.38. The number of methoxy groups -OCH3 is 1. The van der Waals surface area contributed by atoms with E-state index in [1.54, 1.807) is 7.11 Å². The Bertz CT molecular complexity index is 536. The van der Waals surface area contributed by atoms with Crippen molar-refractivity contribution in [1.82, 2.24) is 0 Å². The summed E-state index contributed by atoms with van der Waals surface area (Å²) in [6.07, 6.45) is 1.10. The second-order valence-corrected chi connectivity index (χ2v) is 5.23. The second kappa shape index (κ2) is 6.99. The molecule has 2 heteroatoms. The van der Waals surface area contributed by atoms with E-state index in [0.29, 0.717) is 5.92 Å². The quantitative estimate of drug-likeness (QED) is 0.827. The van der Waals surface area contributed by atoms with Crippen LogP contribution in [0.4, 0.5) is 5.69 Å². The molecule has 0 bridgehead atoms. The summed E-state index contributed by atoms with van der Waals surface area (Å²) in [5.74, 6) is 1.46. The number of benzene rings is 2. The third-order valence-electron chi connectivity index (χ3n) is 3.62. The predicted molar refractivity (Wildman–Crippen MR) is 85.7 cm³/mol. The summed E-state index contributed by atoms with van der Waals surface area (Å²) < 4.78 is 5.38. The van der Waals surface area contributed by atoms with Crippen LogP contribution in [0.15, 0.2) is 48.5 Å². The van der Waals surface area contributed by atoms with Crippen LogP contribution in [0.3, 0.4) is 0 Å². The van der Waals surface area contributed by atoms with Gasteiger partial charge in [0.1, 0.15) is 5.75 Å². The van der Waals surface area contributed by atoms with E-state index in [1.807, 2.05) is 6.07 Å². The fraction of sp³-hybridized carbons (Fsp3) is 0.333. The lowest BCUT2D eigenvalue weighted by atomic mass is 9.98. The van der Waals surface area contributed by atoms with Crippen LogP contribution >= 0.6 is 0 Å². The Balaban J connectivity index is 1.91. The van der Waals surface area contributed by atoms with Gasteiger partial charge in [-0.15, -0.1) is 0 Å². The summed E-state index contributed by atoms with van der Waals surface area (Å²) in [6, 6.07) is 16.9. The monoisotopic (exact) mass is 269 g/mol. The first-order chi connectivity index (χ1) is 9.70. The number of hydrogen-bond donors (Lipinski definition) is 1. The minimum atomic E-state index is 0.555. The van der Waals surface area contributed by atoms with Gasteiger partial charge >= 0.3 is 0 Å².